The summed E-state index contributed by atoms with van der Waals surface area (Å²) in [7, 11) is 0. The number of hydrogen-bond donors (Lipinski definition) is 0. The molecule has 3 aromatic carbocycles. The zero-order valence-electron chi connectivity index (χ0n) is 13.2. The fraction of sp³-hybridized carbons (Fsp3) is 0.100. The van der Waals surface area contributed by atoms with E-state index >= 15 is 0 Å². The van der Waals surface area contributed by atoms with E-state index in [1.54, 1.807) is 6.07 Å². The molecule has 4 aromatic rings. The first-order chi connectivity index (χ1) is 11.7. The summed E-state index contributed by atoms with van der Waals surface area (Å²) in [6.07, 6.45) is 0.544. The van der Waals surface area contributed by atoms with Crippen molar-refractivity contribution >= 4 is 10.8 Å². The molecule has 0 bridgehead atoms. The molecule has 0 amide bonds. The second kappa shape index (κ2) is 5.89. The van der Waals surface area contributed by atoms with E-state index < -0.39 is 0 Å². The quantitative estimate of drug-likeness (QED) is 0.538. The van der Waals surface area contributed by atoms with E-state index in [4.69, 9.17) is 4.42 Å². The third-order valence-corrected chi connectivity index (χ3v) is 4.12. The number of hydrogen-bond acceptors (Lipinski definition) is 3. The summed E-state index contributed by atoms with van der Waals surface area (Å²) in [5.74, 6) is 0.552. The van der Waals surface area contributed by atoms with E-state index in [0.29, 0.717) is 23.8 Å². The third-order valence-electron chi connectivity index (χ3n) is 4.12. The van der Waals surface area contributed by atoms with Crippen molar-refractivity contribution in [2.75, 3.05) is 0 Å². The van der Waals surface area contributed by atoms with Crippen molar-refractivity contribution in [2.45, 2.75) is 13.3 Å². The van der Waals surface area contributed by atoms with Gasteiger partial charge < -0.3 is 4.42 Å². The van der Waals surface area contributed by atoms with E-state index in [1.807, 2.05) is 25.1 Å². The summed E-state index contributed by atoms with van der Waals surface area (Å²) in [4.78, 5) is 0. The SMILES string of the molecule is Cc1ccc(F)cc1-c1nnc(Cc2cccc3ccccc23)o1. The number of aromatic nitrogens is 2. The van der Waals surface area contributed by atoms with Gasteiger partial charge in [-0.2, -0.15) is 0 Å². The average molecular weight is 318 g/mol. The third kappa shape index (κ3) is 2.67. The van der Waals surface area contributed by atoms with Gasteiger partial charge in [-0.05, 0) is 41.0 Å². The van der Waals surface area contributed by atoms with Crippen LogP contribution in [0, 0.1) is 12.7 Å². The van der Waals surface area contributed by atoms with E-state index in [1.165, 1.54) is 22.9 Å². The monoisotopic (exact) mass is 318 g/mol. The Labute approximate surface area is 138 Å². The second-order valence-electron chi connectivity index (χ2n) is 5.78. The lowest BCUT2D eigenvalue weighted by Gasteiger charge is -2.04. The fourth-order valence-corrected chi connectivity index (χ4v) is 2.87. The molecule has 0 unspecified atom stereocenters. The first-order valence-electron chi connectivity index (χ1n) is 7.76. The van der Waals surface area contributed by atoms with Crippen molar-refractivity contribution in [3.8, 4) is 11.5 Å². The Hall–Kier alpha value is -3.01. The predicted molar refractivity (Wildman–Crippen MR) is 91.2 cm³/mol. The zero-order valence-corrected chi connectivity index (χ0v) is 13.2. The van der Waals surface area contributed by atoms with Gasteiger partial charge in [-0.1, -0.05) is 48.5 Å². The lowest BCUT2D eigenvalue weighted by molar-refractivity contribution is 0.517. The molecular formula is C20H15FN2O. The maximum atomic E-state index is 13.5. The molecule has 0 saturated heterocycles. The molecule has 0 N–H and O–H groups in total. The van der Waals surface area contributed by atoms with Gasteiger partial charge in [-0.3, -0.25) is 0 Å². The van der Waals surface area contributed by atoms with Gasteiger partial charge in [-0.25, -0.2) is 4.39 Å². The van der Waals surface area contributed by atoms with Gasteiger partial charge in [0.15, 0.2) is 0 Å². The molecule has 0 aliphatic heterocycles. The lowest BCUT2D eigenvalue weighted by Crippen LogP contribution is -1.90. The topological polar surface area (TPSA) is 38.9 Å². The minimum atomic E-state index is -0.315. The molecule has 0 atom stereocenters. The molecule has 118 valence electrons. The lowest BCUT2D eigenvalue weighted by atomic mass is 10.0. The average Bonchev–Trinajstić information content (AvgIpc) is 3.06. The number of benzene rings is 3. The number of fused-ring (bicyclic) bond motifs is 1. The summed E-state index contributed by atoms with van der Waals surface area (Å²) in [6.45, 7) is 1.89. The van der Waals surface area contributed by atoms with Crippen LogP contribution in [0.25, 0.3) is 22.2 Å². The van der Waals surface area contributed by atoms with Crippen LogP contribution in [0.2, 0.25) is 0 Å². The summed E-state index contributed by atoms with van der Waals surface area (Å²) < 4.78 is 19.2. The highest BCUT2D eigenvalue weighted by atomic mass is 19.1. The number of halogens is 1. The molecule has 1 aromatic heterocycles. The molecule has 4 heteroatoms. The molecule has 1 heterocycles. The summed E-state index contributed by atoms with van der Waals surface area (Å²) in [5.41, 5.74) is 2.66. The van der Waals surface area contributed by atoms with Gasteiger partial charge in [-0.15, -0.1) is 10.2 Å². The standard InChI is InChI=1S/C20H15FN2O/c1-13-9-10-16(21)12-18(13)20-23-22-19(24-20)11-15-7-4-6-14-5-2-3-8-17(14)15/h2-10,12H,11H2,1H3. The van der Waals surface area contributed by atoms with Crippen molar-refractivity contribution in [3.63, 3.8) is 0 Å². The van der Waals surface area contributed by atoms with Crippen LogP contribution in [0.3, 0.4) is 0 Å². The van der Waals surface area contributed by atoms with Crippen molar-refractivity contribution in [2.24, 2.45) is 0 Å². The van der Waals surface area contributed by atoms with Gasteiger partial charge in [0.05, 0.1) is 6.42 Å². The van der Waals surface area contributed by atoms with E-state index in [-0.39, 0.29) is 5.82 Å². The Morgan fingerprint density at radius 1 is 0.958 bits per heavy atom. The van der Waals surface area contributed by atoms with Gasteiger partial charge in [0.1, 0.15) is 5.82 Å². The largest absolute Gasteiger partial charge is 0.420 e. The highest BCUT2D eigenvalue weighted by molar-refractivity contribution is 5.85. The van der Waals surface area contributed by atoms with Crippen LogP contribution in [0.1, 0.15) is 17.0 Å². The fourth-order valence-electron chi connectivity index (χ4n) is 2.87. The van der Waals surface area contributed by atoms with Crippen molar-refractivity contribution in [1.82, 2.24) is 10.2 Å². The maximum Gasteiger partial charge on any atom is 0.248 e. The normalized spacial score (nSPS) is 11.1. The van der Waals surface area contributed by atoms with Crippen LogP contribution in [-0.4, -0.2) is 10.2 Å². The summed E-state index contributed by atoms with van der Waals surface area (Å²) in [5, 5.41) is 10.6. The Balaban J connectivity index is 1.69. The minimum absolute atomic E-state index is 0.315. The molecule has 0 aliphatic carbocycles. The van der Waals surface area contributed by atoms with E-state index in [0.717, 1.165) is 11.1 Å². The highest BCUT2D eigenvalue weighted by Gasteiger charge is 2.13. The molecule has 0 radical (unpaired) electrons. The first-order valence-corrected chi connectivity index (χ1v) is 7.76. The van der Waals surface area contributed by atoms with Gasteiger partial charge in [0.2, 0.25) is 11.8 Å². The van der Waals surface area contributed by atoms with Crippen LogP contribution >= 0.6 is 0 Å². The van der Waals surface area contributed by atoms with Crippen LogP contribution < -0.4 is 0 Å². The molecular weight excluding hydrogens is 303 g/mol. The molecule has 0 fully saturated rings. The zero-order chi connectivity index (χ0) is 16.5. The molecule has 0 saturated carbocycles. The predicted octanol–water partition coefficient (Wildman–Crippen LogP) is 4.93. The van der Waals surface area contributed by atoms with Gasteiger partial charge >= 0.3 is 0 Å². The van der Waals surface area contributed by atoms with Crippen LogP contribution in [0.5, 0.6) is 0 Å². The van der Waals surface area contributed by atoms with Crippen LogP contribution in [0.15, 0.2) is 65.1 Å². The second-order valence-corrected chi connectivity index (χ2v) is 5.78. The van der Waals surface area contributed by atoms with Crippen molar-refractivity contribution in [3.05, 3.63) is 83.5 Å². The summed E-state index contributed by atoms with van der Waals surface area (Å²) >= 11 is 0. The summed E-state index contributed by atoms with van der Waals surface area (Å²) in [6, 6.07) is 18.9. The first kappa shape index (κ1) is 14.6. The van der Waals surface area contributed by atoms with Crippen molar-refractivity contribution < 1.29 is 8.81 Å². The number of rotatable bonds is 3. The molecule has 0 spiro atoms. The van der Waals surface area contributed by atoms with Gasteiger partial charge in [0, 0.05) is 5.56 Å². The minimum Gasteiger partial charge on any atom is -0.420 e. The van der Waals surface area contributed by atoms with Crippen LogP contribution in [0.4, 0.5) is 4.39 Å². The van der Waals surface area contributed by atoms with Crippen LogP contribution in [-0.2, 0) is 6.42 Å². The maximum absolute atomic E-state index is 13.5. The number of nitrogens with zero attached hydrogens (tertiary/aromatic N) is 2. The molecule has 24 heavy (non-hydrogen) atoms. The molecule has 0 aliphatic rings. The Morgan fingerprint density at radius 2 is 1.79 bits per heavy atom. The Bertz CT molecular complexity index is 1020. The number of aryl methyl sites for hydroxylation is 1. The molecule has 3 nitrogen and oxygen atoms in total. The Morgan fingerprint density at radius 3 is 2.71 bits per heavy atom. The smallest absolute Gasteiger partial charge is 0.248 e. The van der Waals surface area contributed by atoms with E-state index in [9.17, 15) is 4.39 Å². The van der Waals surface area contributed by atoms with Gasteiger partial charge in [0.25, 0.3) is 0 Å². The Kier molecular flexibility index (Phi) is 3.58. The van der Waals surface area contributed by atoms with E-state index in [2.05, 4.69) is 34.5 Å². The highest BCUT2D eigenvalue weighted by Crippen LogP contribution is 2.25. The van der Waals surface area contributed by atoms with Crippen molar-refractivity contribution in [1.29, 1.82) is 0 Å². The molecule has 4 rings (SSSR count).